The minimum Gasteiger partial charge on any atom is -0.445 e. The Morgan fingerprint density at radius 1 is 1.43 bits per heavy atom. The Labute approximate surface area is 129 Å². The second-order valence-corrected chi connectivity index (χ2v) is 5.64. The Hall–Kier alpha value is -1.95. The van der Waals surface area contributed by atoms with E-state index in [1.165, 1.54) is 6.08 Å². The lowest BCUT2D eigenvalue weighted by molar-refractivity contribution is 0.0998. The number of nitrogens with zero attached hydrogens (tertiary/aromatic N) is 1. The number of carbonyl (C=O) groups is 2. The van der Waals surface area contributed by atoms with Gasteiger partial charge in [0.2, 0.25) is 5.91 Å². The molecule has 1 fully saturated rings. The average Bonchev–Trinajstić information content (AvgIpc) is 2.87. The molecule has 112 valence electrons. The van der Waals surface area contributed by atoms with Crippen LogP contribution in [0.3, 0.4) is 0 Å². The lowest BCUT2D eigenvalue weighted by Gasteiger charge is -2.24. The molecule has 0 radical (unpaired) electrons. The van der Waals surface area contributed by atoms with Crippen molar-refractivity contribution in [2.24, 2.45) is 5.73 Å². The maximum absolute atomic E-state index is 12.1. The van der Waals surface area contributed by atoms with Crippen molar-refractivity contribution in [1.29, 1.82) is 0 Å². The molecule has 6 heteroatoms. The van der Waals surface area contributed by atoms with Crippen LogP contribution in [0.25, 0.3) is 0 Å². The number of thiol groups is 1. The predicted octanol–water partition coefficient (Wildman–Crippen LogP) is 2.15. The summed E-state index contributed by atoms with van der Waals surface area (Å²) in [6, 6.07) is 6.84. The van der Waals surface area contributed by atoms with Crippen molar-refractivity contribution in [3.8, 4) is 0 Å². The van der Waals surface area contributed by atoms with E-state index in [-0.39, 0.29) is 24.0 Å². The molecular formula is C15H18N2O3S. The van der Waals surface area contributed by atoms with Gasteiger partial charge in [0.05, 0.1) is 6.04 Å². The van der Waals surface area contributed by atoms with Crippen LogP contribution in [0.2, 0.25) is 0 Å². The van der Waals surface area contributed by atoms with Crippen LogP contribution < -0.4 is 5.73 Å². The van der Waals surface area contributed by atoms with Gasteiger partial charge in [-0.15, -0.1) is 0 Å². The zero-order valence-electron chi connectivity index (χ0n) is 11.6. The van der Waals surface area contributed by atoms with E-state index in [1.54, 1.807) is 17.0 Å². The van der Waals surface area contributed by atoms with Gasteiger partial charge in [-0.2, -0.15) is 12.6 Å². The summed E-state index contributed by atoms with van der Waals surface area (Å²) in [6.45, 7) is 4.23. The van der Waals surface area contributed by atoms with Crippen molar-refractivity contribution in [3.05, 3.63) is 48.0 Å². The second kappa shape index (κ2) is 6.67. The van der Waals surface area contributed by atoms with E-state index in [1.807, 2.05) is 12.1 Å². The minimum atomic E-state index is -0.470. The molecule has 2 rings (SSSR count). The highest BCUT2D eigenvalue weighted by Crippen LogP contribution is 2.34. The van der Waals surface area contributed by atoms with E-state index in [9.17, 15) is 9.59 Å². The number of likely N-dealkylation sites (tertiary alicyclic amines) is 1. The number of rotatable bonds is 4. The normalized spacial score (nSPS) is 21.1. The Balaban J connectivity index is 2.17. The minimum absolute atomic E-state index is 0.0992. The number of carbonyl (C=O) groups excluding carboxylic acids is 2. The molecule has 0 bridgehead atoms. The number of primary amides is 1. The van der Waals surface area contributed by atoms with Crippen LogP contribution in [-0.4, -0.2) is 35.3 Å². The van der Waals surface area contributed by atoms with E-state index < -0.39 is 5.91 Å². The van der Waals surface area contributed by atoms with E-state index in [2.05, 4.69) is 19.2 Å². The van der Waals surface area contributed by atoms with Crippen molar-refractivity contribution in [2.45, 2.75) is 17.7 Å². The topological polar surface area (TPSA) is 72.6 Å². The van der Waals surface area contributed by atoms with E-state index in [4.69, 9.17) is 10.5 Å². The first-order valence-electron chi connectivity index (χ1n) is 6.65. The summed E-state index contributed by atoms with van der Waals surface area (Å²) in [5.41, 5.74) is 6.61. The molecule has 1 heterocycles. The molecule has 2 N–H and O–H groups in total. The zero-order chi connectivity index (χ0) is 15.4. The molecule has 2 amide bonds. The Morgan fingerprint density at radius 3 is 2.67 bits per heavy atom. The van der Waals surface area contributed by atoms with E-state index in [0.717, 1.165) is 12.0 Å². The maximum atomic E-state index is 12.1. The summed E-state index contributed by atoms with van der Waals surface area (Å²) >= 11 is 4.46. The second-order valence-electron chi connectivity index (χ2n) is 4.91. The molecule has 0 saturated carbocycles. The quantitative estimate of drug-likeness (QED) is 0.661. The average molecular weight is 306 g/mol. The van der Waals surface area contributed by atoms with Gasteiger partial charge < -0.3 is 15.4 Å². The van der Waals surface area contributed by atoms with Crippen LogP contribution in [0.5, 0.6) is 0 Å². The fourth-order valence-electron chi connectivity index (χ4n) is 2.41. The molecule has 1 saturated heterocycles. The Kier molecular flexibility index (Phi) is 4.90. The number of hydrogen-bond acceptors (Lipinski definition) is 4. The van der Waals surface area contributed by atoms with E-state index >= 15 is 0 Å². The summed E-state index contributed by atoms with van der Waals surface area (Å²) in [5, 5.41) is 0.0992. The number of ether oxygens (including phenoxy) is 1. The molecule has 0 aromatic heterocycles. The van der Waals surface area contributed by atoms with Crippen molar-refractivity contribution in [1.82, 2.24) is 4.90 Å². The summed E-state index contributed by atoms with van der Waals surface area (Å²) in [7, 11) is 0. The van der Waals surface area contributed by atoms with Gasteiger partial charge in [-0.05, 0) is 24.1 Å². The van der Waals surface area contributed by atoms with Crippen molar-refractivity contribution >= 4 is 24.6 Å². The molecule has 5 nitrogen and oxygen atoms in total. The van der Waals surface area contributed by atoms with Gasteiger partial charge in [-0.25, -0.2) is 4.79 Å². The summed E-state index contributed by atoms with van der Waals surface area (Å²) in [5.74, 6) is -0.470. The first kappa shape index (κ1) is 15.4. The fraction of sp³-hybridized carbons (Fsp3) is 0.333. The summed E-state index contributed by atoms with van der Waals surface area (Å²) < 4.78 is 5.10. The first-order chi connectivity index (χ1) is 10.0. The van der Waals surface area contributed by atoms with Crippen LogP contribution in [0.1, 0.15) is 28.4 Å². The third kappa shape index (κ3) is 3.58. The number of amides is 2. The smallest absolute Gasteiger partial charge is 0.410 e. The van der Waals surface area contributed by atoms with Crippen LogP contribution >= 0.6 is 12.6 Å². The zero-order valence-corrected chi connectivity index (χ0v) is 12.5. The molecular weight excluding hydrogens is 288 g/mol. The number of nitrogens with two attached hydrogens (primary N) is 1. The van der Waals surface area contributed by atoms with Crippen molar-refractivity contribution in [3.63, 3.8) is 0 Å². The van der Waals surface area contributed by atoms with Crippen LogP contribution in [0, 0.1) is 0 Å². The van der Waals surface area contributed by atoms with Gasteiger partial charge in [0.15, 0.2) is 0 Å². The SMILES string of the molecule is C=CCOC(=O)N1C[C@@H](S)C[C@@H]1c1ccc(C(N)=O)cc1. The first-order valence-corrected chi connectivity index (χ1v) is 7.16. The predicted molar refractivity (Wildman–Crippen MR) is 83.3 cm³/mol. The van der Waals surface area contributed by atoms with Crippen molar-refractivity contribution < 1.29 is 14.3 Å². The van der Waals surface area contributed by atoms with Gasteiger partial charge in [0.25, 0.3) is 0 Å². The molecule has 1 aliphatic heterocycles. The van der Waals surface area contributed by atoms with Gasteiger partial charge in [-0.3, -0.25) is 4.79 Å². The van der Waals surface area contributed by atoms with Crippen LogP contribution in [-0.2, 0) is 4.74 Å². The monoisotopic (exact) mass is 306 g/mol. The Morgan fingerprint density at radius 2 is 2.10 bits per heavy atom. The largest absolute Gasteiger partial charge is 0.445 e. The third-order valence-corrected chi connectivity index (χ3v) is 3.79. The van der Waals surface area contributed by atoms with Crippen molar-refractivity contribution in [2.75, 3.05) is 13.2 Å². The van der Waals surface area contributed by atoms with Gasteiger partial charge >= 0.3 is 6.09 Å². The van der Waals surface area contributed by atoms with E-state index in [0.29, 0.717) is 12.1 Å². The lowest BCUT2D eigenvalue weighted by atomic mass is 10.0. The maximum Gasteiger partial charge on any atom is 0.410 e. The molecule has 0 unspecified atom stereocenters. The fourth-order valence-corrected chi connectivity index (χ4v) is 2.79. The molecule has 0 aliphatic carbocycles. The lowest BCUT2D eigenvalue weighted by Crippen LogP contribution is -2.32. The molecule has 2 atom stereocenters. The molecule has 1 aromatic rings. The highest BCUT2D eigenvalue weighted by atomic mass is 32.1. The third-order valence-electron chi connectivity index (χ3n) is 3.42. The number of hydrogen-bond donors (Lipinski definition) is 2. The van der Waals surface area contributed by atoms with Crippen LogP contribution in [0.15, 0.2) is 36.9 Å². The number of benzene rings is 1. The van der Waals surface area contributed by atoms with Gasteiger partial charge in [-0.1, -0.05) is 24.8 Å². The standard InChI is InChI=1S/C15H18N2O3S/c1-2-7-20-15(19)17-9-12(21)8-13(17)10-3-5-11(6-4-10)14(16)18/h2-6,12-13,21H,1,7-9H2,(H2,16,18)/t12-,13+/m0/s1. The van der Waals surface area contributed by atoms with Gasteiger partial charge in [0, 0.05) is 17.4 Å². The molecule has 1 aliphatic rings. The highest BCUT2D eigenvalue weighted by Gasteiger charge is 2.35. The molecule has 21 heavy (non-hydrogen) atoms. The Bertz CT molecular complexity index is 544. The van der Waals surface area contributed by atoms with Crippen LogP contribution in [0.4, 0.5) is 4.79 Å². The highest BCUT2D eigenvalue weighted by molar-refractivity contribution is 7.81. The summed E-state index contributed by atoms with van der Waals surface area (Å²) in [4.78, 5) is 24.8. The molecule has 0 spiro atoms. The van der Waals surface area contributed by atoms with Gasteiger partial charge in [0.1, 0.15) is 6.61 Å². The molecule has 1 aromatic carbocycles. The summed E-state index contributed by atoms with van der Waals surface area (Å²) in [6.07, 6.45) is 1.89.